The first-order chi connectivity index (χ1) is 18.5. The van der Waals surface area contributed by atoms with Gasteiger partial charge in [-0.1, -0.05) is 70.5 Å². The molecule has 2 aliphatic rings. The number of piperidine rings is 1. The number of rotatable bonds is 8. The fourth-order valence-corrected chi connectivity index (χ4v) is 5.50. The number of hydrogen-bond donors (Lipinski definition) is 1. The Morgan fingerprint density at radius 1 is 1.00 bits per heavy atom. The first kappa shape index (κ1) is 26.2. The zero-order valence-electron chi connectivity index (χ0n) is 21.3. The number of hydrogen-bond acceptors (Lipinski definition) is 4. The second kappa shape index (κ2) is 12.4. The van der Waals surface area contributed by atoms with Gasteiger partial charge in [-0.3, -0.25) is 14.5 Å². The summed E-state index contributed by atoms with van der Waals surface area (Å²) in [6.45, 7) is 3.40. The van der Waals surface area contributed by atoms with Gasteiger partial charge in [0, 0.05) is 17.6 Å². The van der Waals surface area contributed by atoms with Gasteiger partial charge in [-0.05, 0) is 79.7 Å². The van der Waals surface area contributed by atoms with Gasteiger partial charge in [-0.15, -0.1) is 0 Å². The van der Waals surface area contributed by atoms with E-state index in [1.165, 1.54) is 23.3 Å². The summed E-state index contributed by atoms with van der Waals surface area (Å²) >= 11 is 3.46. The molecule has 6 nitrogen and oxygen atoms in total. The van der Waals surface area contributed by atoms with Crippen LogP contribution in [0.15, 0.2) is 89.1 Å². The first-order valence-corrected chi connectivity index (χ1v) is 13.9. The maximum absolute atomic E-state index is 13.3. The number of para-hydroxylation sites is 2. The fraction of sp³-hybridized carbons (Fsp3) is 0.290. The molecule has 38 heavy (non-hydrogen) atoms. The van der Waals surface area contributed by atoms with E-state index in [0.717, 1.165) is 42.0 Å². The van der Waals surface area contributed by atoms with Crippen LogP contribution in [0.4, 0.5) is 5.69 Å². The average molecular weight is 575 g/mol. The Labute approximate surface area is 232 Å². The van der Waals surface area contributed by atoms with Crippen LogP contribution in [0.5, 0.6) is 5.75 Å². The highest BCUT2D eigenvalue weighted by Crippen LogP contribution is 2.35. The molecule has 0 spiro atoms. The SMILES string of the molecule is O=C(CN1C(=O)C(=Cc2cccc(Br)c2)Oc2ccccc21)NCCN1CCC(Cc2ccccc2)CC1. The van der Waals surface area contributed by atoms with E-state index >= 15 is 0 Å². The number of halogens is 1. The number of fused-ring (bicyclic) bond motifs is 1. The normalized spacial score (nSPS) is 17.2. The second-order valence-corrected chi connectivity index (χ2v) is 10.8. The van der Waals surface area contributed by atoms with Gasteiger partial charge in [0.15, 0.2) is 11.5 Å². The van der Waals surface area contributed by atoms with Crippen molar-refractivity contribution in [2.45, 2.75) is 19.3 Å². The third-order valence-corrected chi connectivity index (χ3v) is 7.60. The largest absolute Gasteiger partial charge is 0.449 e. The Balaban J connectivity index is 1.14. The minimum atomic E-state index is -0.334. The van der Waals surface area contributed by atoms with E-state index in [1.54, 1.807) is 12.1 Å². The Kier molecular flexibility index (Phi) is 8.56. The van der Waals surface area contributed by atoms with E-state index in [2.05, 4.69) is 56.5 Å². The van der Waals surface area contributed by atoms with E-state index in [0.29, 0.717) is 18.0 Å². The molecule has 3 aromatic rings. The Bertz CT molecular complexity index is 1300. The Hall–Kier alpha value is -3.42. The van der Waals surface area contributed by atoms with Crippen LogP contribution in [0, 0.1) is 5.92 Å². The third-order valence-electron chi connectivity index (χ3n) is 7.10. The van der Waals surface area contributed by atoms with Crippen LogP contribution in [0.1, 0.15) is 24.0 Å². The molecule has 0 aromatic heterocycles. The van der Waals surface area contributed by atoms with Crippen molar-refractivity contribution in [3.63, 3.8) is 0 Å². The van der Waals surface area contributed by atoms with Gasteiger partial charge in [-0.2, -0.15) is 0 Å². The van der Waals surface area contributed by atoms with Gasteiger partial charge >= 0.3 is 0 Å². The number of nitrogens with zero attached hydrogens (tertiary/aromatic N) is 2. The highest BCUT2D eigenvalue weighted by atomic mass is 79.9. The van der Waals surface area contributed by atoms with Crippen molar-refractivity contribution in [3.05, 3.63) is 100 Å². The lowest BCUT2D eigenvalue weighted by molar-refractivity contribution is -0.123. The summed E-state index contributed by atoms with van der Waals surface area (Å²) in [5, 5.41) is 3.01. The predicted molar refractivity (Wildman–Crippen MR) is 154 cm³/mol. The molecule has 0 atom stereocenters. The number of benzene rings is 3. The molecule has 7 heteroatoms. The highest BCUT2D eigenvalue weighted by Gasteiger charge is 2.31. The highest BCUT2D eigenvalue weighted by molar-refractivity contribution is 9.10. The molecule has 0 unspecified atom stereocenters. The summed E-state index contributed by atoms with van der Waals surface area (Å²) in [6.07, 6.45) is 5.19. The van der Waals surface area contributed by atoms with Gasteiger partial charge in [-0.25, -0.2) is 0 Å². The monoisotopic (exact) mass is 573 g/mol. The van der Waals surface area contributed by atoms with Crippen LogP contribution in [-0.2, 0) is 16.0 Å². The van der Waals surface area contributed by atoms with Gasteiger partial charge < -0.3 is 15.0 Å². The Morgan fingerprint density at radius 2 is 1.76 bits per heavy atom. The second-order valence-electron chi connectivity index (χ2n) is 9.85. The Morgan fingerprint density at radius 3 is 2.55 bits per heavy atom. The van der Waals surface area contributed by atoms with E-state index in [4.69, 9.17) is 4.74 Å². The summed E-state index contributed by atoms with van der Waals surface area (Å²) < 4.78 is 6.83. The van der Waals surface area contributed by atoms with Crippen molar-refractivity contribution in [2.75, 3.05) is 37.6 Å². The molecule has 2 aliphatic heterocycles. The predicted octanol–water partition coefficient (Wildman–Crippen LogP) is 5.29. The topological polar surface area (TPSA) is 61.9 Å². The maximum atomic E-state index is 13.3. The number of nitrogens with one attached hydrogen (secondary N) is 1. The van der Waals surface area contributed by atoms with Crippen molar-refractivity contribution >= 4 is 39.5 Å². The lowest BCUT2D eigenvalue weighted by Gasteiger charge is -2.32. The van der Waals surface area contributed by atoms with Crippen LogP contribution in [0.3, 0.4) is 0 Å². The molecular weight excluding hydrogens is 542 g/mol. The minimum Gasteiger partial charge on any atom is -0.449 e. The lowest BCUT2D eigenvalue weighted by Crippen LogP contribution is -2.46. The molecule has 0 saturated carbocycles. The minimum absolute atomic E-state index is 0.0613. The zero-order chi connectivity index (χ0) is 26.3. The third kappa shape index (κ3) is 6.71. The smallest absolute Gasteiger partial charge is 0.294 e. The molecule has 0 bridgehead atoms. The number of carbonyl (C=O) groups is 2. The quantitative estimate of drug-likeness (QED) is 0.372. The lowest BCUT2D eigenvalue weighted by atomic mass is 9.90. The molecule has 2 heterocycles. The summed E-state index contributed by atoms with van der Waals surface area (Å²) in [5.74, 6) is 0.942. The van der Waals surface area contributed by atoms with Crippen LogP contribution in [0.2, 0.25) is 0 Å². The maximum Gasteiger partial charge on any atom is 0.294 e. The van der Waals surface area contributed by atoms with Crippen LogP contribution < -0.4 is 15.0 Å². The summed E-state index contributed by atoms with van der Waals surface area (Å²) in [5.41, 5.74) is 2.84. The van der Waals surface area contributed by atoms with Crippen LogP contribution in [-0.4, -0.2) is 49.4 Å². The fourth-order valence-electron chi connectivity index (χ4n) is 5.08. The zero-order valence-corrected chi connectivity index (χ0v) is 22.9. The van der Waals surface area contributed by atoms with E-state index in [9.17, 15) is 9.59 Å². The number of ether oxygens (including phenoxy) is 1. The molecule has 2 amide bonds. The van der Waals surface area contributed by atoms with Crippen molar-refractivity contribution in [2.24, 2.45) is 5.92 Å². The summed E-state index contributed by atoms with van der Waals surface area (Å²) in [7, 11) is 0. The van der Waals surface area contributed by atoms with Crippen molar-refractivity contribution in [1.82, 2.24) is 10.2 Å². The molecular formula is C31H32BrN3O3. The first-order valence-electron chi connectivity index (χ1n) is 13.1. The van der Waals surface area contributed by atoms with Crippen LogP contribution in [0.25, 0.3) is 6.08 Å². The standard InChI is InChI=1S/C31H32BrN3O3/c32-26-10-6-9-25(20-26)21-29-31(37)35(27-11-4-5-12-28(27)38-29)22-30(36)33-15-18-34-16-13-24(14-17-34)19-23-7-2-1-3-8-23/h1-12,20-21,24H,13-19,22H2,(H,33,36). The number of carbonyl (C=O) groups excluding carboxylic acids is 2. The number of anilines is 1. The van der Waals surface area contributed by atoms with Crippen molar-refractivity contribution in [3.8, 4) is 5.75 Å². The number of likely N-dealkylation sites (tertiary alicyclic amines) is 1. The van der Waals surface area contributed by atoms with Crippen molar-refractivity contribution in [1.29, 1.82) is 0 Å². The average Bonchev–Trinajstić information content (AvgIpc) is 2.93. The molecule has 1 saturated heterocycles. The van der Waals surface area contributed by atoms with Gasteiger partial charge in [0.25, 0.3) is 5.91 Å². The van der Waals surface area contributed by atoms with Gasteiger partial charge in [0.1, 0.15) is 6.54 Å². The van der Waals surface area contributed by atoms with Gasteiger partial charge in [0.2, 0.25) is 5.91 Å². The molecule has 5 rings (SSSR count). The van der Waals surface area contributed by atoms with Gasteiger partial charge in [0.05, 0.1) is 5.69 Å². The van der Waals surface area contributed by atoms with E-state index < -0.39 is 0 Å². The molecule has 3 aromatic carbocycles. The molecule has 0 aliphatic carbocycles. The molecule has 0 radical (unpaired) electrons. The van der Waals surface area contributed by atoms with E-state index in [1.807, 2.05) is 42.5 Å². The van der Waals surface area contributed by atoms with Crippen molar-refractivity contribution < 1.29 is 14.3 Å². The molecule has 1 fully saturated rings. The molecule has 1 N–H and O–H groups in total. The number of amides is 2. The van der Waals surface area contributed by atoms with E-state index in [-0.39, 0.29) is 24.1 Å². The van der Waals surface area contributed by atoms with Crippen LogP contribution >= 0.6 is 15.9 Å². The summed E-state index contributed by atoms with van der Waals surface area (Å²) in [6, 6.07) is 25.6. The molecule has 196 valence electrons. The summed E-state index contributed by atoms with van der Waals surface area (Å²) in [4.78, 5) is 30.1.